The van der Waals surface area contributed by atoms with Gasteiger partial charge in [-0.3, -0.25) is 0 Å². The molecule has 3 nitrogen and oxygen atoms in total. The second kappa shape index (κ2) is 4.86. The monoisotopic (exact) mass is 283 g/mol. The Morgan fingerprint density at radius 3 is 2.53 bits per heavy atom. The minimum absolute atomic E-state index is 0.0180. The smallest absolute Gasteiger partial charge is 0.224 e. The van der Waals surface area contributed by atoms with E-state index in [1.54, 1.807) is 12.1 Å². The Morgan fingerprint density at radius 1 is 1.16 bits per heavy atom. The molecular formula is C12H5ClF3N3. The van der Waals surface area contributed by atoms with E-state index in [-0.39, 0.29) is 10.8 Å². The van der Waals surface area contributed by atoms with E-state index in [1.165, 1.54) is 18.2 Å². The van der Waals surface area contributed by atoms with Gasteiger partial charge < -0.3 is 0 Å². The quantitative estimate of drug-likeness (QED) is 0.750. The first-order chi connectivity index (χ1) is 8.90. The molecule has 0 atom stereocenters. The van der Waals surface area contributed by atoms with Gasteiger partial charge in [0.05, 0.1) is 17.3 Å². The molecule has 0 spiro atoms. The molecule has 0 aliphatic carbocycles. The molecule has 0 amide bonds. The molecule has 1 heterocycles. The van der Waals surface area contributed by atoms with Crippen molar-refractivity contribution in [2.24, 2.45) is 0 Å². The molecule has 0 unspecified atom stereocenters. The first kappa shape index (κ1) is 13.3. The van der Waals surface area contributed by atoms with E-state index < -0.39 is 12.0 Å². The van der Waals surface area contributed by atoms with E-state index >= 15 is 0 Å². The predicted octanol–water partition coefficient (Wildman–Crippen LogP) is 3.69. The Hall–Kier alpha value is -2.13. The molecule has 1 aromatic heterocycles. The minimum Gasteiger partial charge on any atom is -0.224 e. The first-order valence-corrected chi connectivity index (χ1v) is 5.40. The molecular weight excluding hydrogens is 279 g/mol. The van der Waals surface area contributed by atoms with Crippen LogP contribution in [0.4, 0.5) is 13.2 Å². The van der Waals surface area contributed by atoms with Crippen LogP contribution in [0.5, 0.6) is 0 Å². The SMILES string of the molecule is N#Cc1cccc(-c2cc(Cl)nc(C(F)(F)F)n2)c1. The van der Waals surface area contributed by atoms with Crippen LogP contribution in [0.2, 0.25) is 5.15 Å². The molecule has 7 heteroatoms. The number of hydrogen-bond acceptors (Lipinski definition) is 3. The molecule has 0 fully saturated rings. The van der Waals surface area contributed by atoms with Crippen LogP contribution in [0.25, 0.3) is 11.3 Å². The number of benzene rings is 1. The van der Waals surface area contributed by atoms with Crippen molar-refractivity contribution in [2.45, 2.75) is 6.18 Å². The van der Waals surface area contributed by atoms with Crippen molar-refractivity contribution < 1.29 is 13.2 Å². The highest BCUT2D eigenvalue weighted by molar-refractivity contribution is 6.29. The molecule has 1 aromatic carbocycles. The van der Waals surface area contributed by atoms with Gasteiger partial charge in [-0.15, -0.1) is 0 Å². The third kappa shape index (κ3) is 3.01. The van der Waals surface area contributed by atoms with Crippen molar-refractivity contribution in [1.29, 1.82) is 5.26 Å². The summed E-state index contributed by atoms with van der Waals surface area (Å²) in [5, 5.41) is 8.45. The summed E-state index contributed by atoms with van der Waals surface area (Å²) in [7, 11) is 0. The zero-order chi connectivity index (χ0) is 14.0. The van der Waals surface area contributed by atoms with Crippen LogP contribution in [0.3, 0.4) is 0 Å². The lowest BCUT2D eigenvalue weighted by atomic mass is 10.1. The van der Waals surface area contributed by atoms with Crippen LogP contribution in [-0.2, 0) is 6.18 Å². The van der Waals surface area contributed by atoms with Gasteiger partial charge >= 0.3 is 6.18 Å². The standard InChI is InChI=1S/C12H5ClF3N3/c13-10-5-9(18-11(19-10)12(14,15)16)8-3-1-2-7(4-8)6-17/h1-5H. The third-order valence-electron chi connectivity index (χ3n) is 2.24. The topological polar surface area (TPSA) is 49.6 Å². The van der Waals surface area contributed by atoms with Gasteiger partial charge in [0.25, 0.3) is 0 Å². The second-order valence-electron chi connectivity index (χ2n) is 3.59. The third-order valence-corrected chi connectivity index (χ3v) is 2.43. The lowest BCUT2D eigenvalue weighted by molar-refractivity contribution is -0.144. The molecule has 19 heavy (non-hydrogen) atoms. The van der Waals surface area contributed by atoms with Gasteiger partial charge in [-0.2, -0.15) is 18.4 Å². The average Bonchev–Trinajstić information content (AvgIpc) is 2.37. The summed E-state index contributed by atoms with van der Waals surface area (Å²) < 4.78 is 37.7. The molecule has 96 valence electrons. The number of hydrogen-bond donors (Lipinski definition) is 0. The van der Waals surface area contributed by atoms with Gasteiger partial charge in [0.1, 0.15) is 5.15 Å². The maximum atomic E-state index is 12.6. The maximum Gasteiger partial charge on any atom is 0.451 e. The fraction of sp³-hybridized carbons (Fsp3) is 0.0833. The van der Waals surface area contributed by atoms with Gasteiger partial charge in [0, 0.05) is 11.6 Å². The first-order valence-electron chi connectivity index (χ1n) is 5.02. The van der Waals surface area contributed by atoms with Crippen LogP contribution in [0, 0.1) is 11.3 Å². The van der Waals surface area contributed by atoms with Crippen molar-refractivity contribution in [3.8, 4) is 17.3 Å². The summed E-state index contributed by atoms with van der Waals surface area (Å²) in [4.78, 5) is 6.56. The molecule has 0 aliphatic rings. The number of nitrogens with zero attached hydrogens (tertiary/aromatic N) is 3. The number of aromatic nitrogens is 2. The van der Waals surface area contributed by atoms with E-state index in [9.17, 15) is 13.2 Å². The summed E-state index contributed by atoms with van der Waals surface area (Å²) in [5.41, 5.74) is 0.707. The Labute approximate surface area is 111 Å². The van der Waals surface area contributed by atoms with Crippen LogP contribution in [-0.4, -0.2) is 9.97 Å². The summed E-state index contributed by atoms with van der Waals surface area (Å²) in [6, 6.07) is 9.18. The van der Waals surface area contributed by atoms with Crippen molar-refractivity contribution in [3.05, 3.63) is 46.9 Å². The minimum atomic E-state index is -4.67. The molecule has 0 saturated carbocycles. The van der Waals surface area contributed by atoms with E-state index in [4.69, 9.17) is 16.9 Å². The Morgan fingerprint density at radius 2 is 1.89 bits per heavy atom. The summed E-state index contributed by atoms with van der Waals surface area (Å²) in [5.74, 6) is -1.31. The fourth-order valence-corrected chi connectivity index (χ4v) is 1.62. The number of nitriles is 1. The molecule has 0 radical (unpaired) electrons. The van der Waals surface area contributed by atoms with Gasteiger partial charge in [-0.25, -0.2) is 9.97 Å². The highest BCUT2D eigenvalue weighted by atomic mass is 35.5. The van der Waals surface area contributed by atoms with E-state index in [1.807, 2.05) is 6.07 Å². The molecule has 2 rings (SSSR count). The molecule has 0 bridgehead atoms. The summed E-state index contributed by atoms with van der Waals surface area (Å²) >= 11 is 5.56. The van der Waals surface area contributed by atoms with Crippen LogP contribution < -0.4 is 0 Å². The van der Waals surface area contributed by atoms with Gasteiger partial charge in [-0.1, -0.05) is 23.7 Å². The molecule has 2 aromatic rings. The Bertz CT molecular complexity index is 662. The van der Waals surface area contributed by atoms with Crippen LogP contribution in [0.1, 0.15) is 11.4 Å². The average molecular weight is 284 g/mol. The van der Waals surface area contributed by atoms with Crippen molar-refractivity contribution >= 4 is 11.6 Å². The molecule has 0 N–H and O–H groups in total. The lowest BCUT2D eigenvalue weighted by Crippen LogP contribution is -2.11. The zero-order valence-electron chi connectivity index (χ0n) is 9.24. The largest absolute Gasteiger partial charge is 0.451 e. The second-order valence-corrected chi connectivity index (χ2v) is 3.98. The van der Waals surface area contributed by atoms with E-state index in [0.29, 0.717) is 11.1 Å². The number of halogens is 4. The predicted molar refractivity (Wildman–Crippen MR) is 62.2 cm³/mol. The zero-order valence-corrected chi connectivity index (χ0v) is 10.00. The highest BCUT2D eigenvalue weighted by Crippen LogP contribution is 2.29. The normalized spacial score (nSPS) is 11.1. The van der Waals surface area contributed by atoms with Crippen LogP contribution >= 0.6 is 11.6 Å². The Kier molecular flexibility index (Phi) is 3.40. The van der Waals surface area contributed by atoms with Crippen LogP contribution in [0.15, 0.2) is 30.3 Å². The van der Waals surface area contributed by atoms with Gasteiger partial charge in [0.15, 0.2) is 0 Å². The van der Waals surface area contributed by atoms with Gasteiger partial charge in [-0.05, 0) is 12.1 Å². The number of alkyl halides is 3. The van der Waals surface area contributed by atoms with Crippen molar-refractivity contribution in [1.82, 2.24) is 9.97 Å². The van der Waals surface area contributed by atoms with Gasteiger partial charge in [0.2, 0.25) is 5.82 Å². The highest BCUT2D eigenvalue weighted by Gasteiger charge is 2.35. The Balaban J connectivity index is 2.57. The maximum absolute atomic E-state index is 12.6. The summed E-state index contributed by atoms with van der Waals surface area (Å²) in [6.45, 7) is 0. The number of rotatable bonds is 1. The molecule has 0 saturated heterocycles. The van der Waals surface area contributed by atoms with Crippen molar-refractivity contribution in [3.63, 3.8) is 0 Å². The summed E-state index contributed by atoms with van der Waals surface area (Å²) in [6.07, 6.45) is -4.67. The lowest BCUT2D eigenvalue weighted by Gasteiger charge is -2.08. The van der Waals surface area contributed by atoms with E-state index in [2.05, 4.69) is 9.97 Å². The van der Waals surface area contributed by atoms with Crippen molar-refractivity contribution in [2.75, 3.05) is 0 Å². The fourth-order valence-electron chi connectivity index (χ4n) is 1.44. The van der Waals surface area contributed by atoms with E-state index in [0.717, 1.165) is 0 Å². The molecule has 0 aliphatic heterocycles.